The van der Waals surface area contributed by atoms with Crippen molar-refractivity contribution in [3.63, 3.8) is 0 Å². The fourth-order valence-corrected chi connectivity index (χ4v) is 2.89. The molecule has 0 spiro atoms. The van der Waals surface area contributed by atoms with Crippen molar-refractivity contribution in [2.75, 3.05) is 6.54 Å². The van der Waals surface area contributed by atoms with Gasteiger partial charge in [-0.2, -0.15) is 13.2 Å². The summed E-state index contributed by atoms with van der Waals surface area (Å²) in [7, 11) is 0. The Balaban J connectivity index is 1.39. The Labute approximate surface area is 166 Å². The van der Waals surface area contributed by atoms with Gasteiger partial charge in [-0.05, 0) is 37.1 Å². The van der Waals surface area contributed by atoms with E-state index in [0.717, 1.165) is 30.2 Å². The van der Waals surface area contributed by atoms with E-state index >= 15 is 0 Å². The van der Waals surface area contributed by atoms with Gasteiger partial charge in [0.1, 0.15) is 0 Å². The number of carbonyl (C=O) groups is 2. The molecule has 2 aromatic rings. The third-order valence-corrected chi connectivity index (χ3v) is 4.69. The fraction of sp³-hybridized carbons (Fsp3) is 0.333. The number of rotatable bonds is 7. The van der Waals surface area contributed by atoms with E-state index in [-0.39, 0.29) is 30.1 Å². The summed E-state index contributed by atoms with van der Waals surface area (Å²) in [5.41, 5.74) is 1.30. The van der Waals surface area contributed by atoms with E-state index in [1.165, 1.54) is 11.6 Å². The van der Waals surface area contributed by atoms with E-state index in [1.807, 2.05) is 31.2 Å². The van der Waals surface area contributed by atoms with Crippen molar-refractivity contribution in [3.05, 3.63) is 70.8 Å². The maximum atomic E-state index is 12.7. The van der Waals surface area contributed by atoms with Crippen LogP contribution in [-0.2, 0) is 17.5 Å². The molecule has 2 aromatic carbocycles. The number of alkyl halides is 3. The van der Waals surface area contributed by atoms with Crippen LogP contribution in [-0.4, -0.2) is 30.4 Å². The predicted molar refractivity (Wildman–Crippen MR) is 102 cm³/mol. The topological polar surface area (TPSA) is 70.2 Å². The zero-order chi connectivity index (χ0) is 21.0. The lowest BCUT2D eigenvalue weighted by Gasteiger charge is -2.10. The van der Waals surface area contributed by atoms with Crippen LogP contribution < -0.4 is 16.0 Å². The van der Waals surface area contributed by atoms with Crippen LogP contribution in [0.5, 0.6) is 0 Å². The summed E-state index contributed by atoms with van der Waals surface area (Å²) in [6, 6.07) is 12.4. The third-order valence-electron chi connectivity index (χ3n) is 4.69. The number of benzene rings is 2. The summed E-state index contributed by atoms with van der Waals surface area (Å²) in [6.45, 7) is 2.43. The lowest BCUT2D eigenvalue weighted by Crippen LogP contribution is -2.39. The Bertz CT molecular complexity index is 881. The second-order valence-corrected chi connectivity index (χ2v) is 7.14. The molecule has 1 aliphatic carbocycles. The molecular formula is C21H22F3N3O2. The van der Waals surface area contributed by atoms with Crippen LogP contribution in [0.3, 0.4) is 0 Å². The minimum Gasteiger partial charge on any atom is -0.350 e. The van der Waals surface area contributed by atoms with Crippen molar-refractivity contribution in [2.45, 2.75) is 38.1 Å². The number of amides is 2. The molecule has 0 bridgehead atoms. The molecule has 0 aliphatic heterocycles. The smallest absolute Gasteiger partial charge is 0.350 e. The van der Waals surface area contributed by atoms with Gasteiger partial charge in [-0.25, -0.2) is 0 Å². The van der Waals surface area contributed by atoms with E-state index in [4.69, 9.17) is 0 Å². The fourth-order valence-electron chi connectivity index (χ4n) is 2.89. The molecule has 0 unspecified atom stereocenters. The van der Waals surface area contributed by atoms with E-state index in [2.05, 4.69) is 16.0 Å². The van der Waals surface area contributed by atoms with Gasteiger partial charge in [0.05, 0.1) is 12.1 Å². The first kappa shape index (κ1) is 20.9. The zero-order valence-electron chi connectivity index (χ0n) is 15.8. The number of halogens is 3. The number of hydrogen-bond donors (Lipinski definition) is 3. The highest BCUT2D eigenvalue weighted by atomic mass is 19.4. The monoisotopic (exact) mass is 405 g/mol. The van der Waals surface area contributed by atoms with Crippen LogP contribution in [0.25, 0.3) is 0 Å². The van der Waals surface area contributed by atoms with Crippen molar-refractivity contribution in [2.24, 2.45) is 0 Å². The molecule has 8 heteroatoms. The first-order chi connectivity index (χ1) is 13.7. The Morgan fingerprint density at radius 2 is 1.79 bits per heavy atom. The van der Waals surface area contributed by atoms with Crippen LogP contribution in [0, 0.1) is 6.92 Å². The molecule has 2 atom stereocenters. The van der Waals surface area contributed by atoms with Gasteiger partial charge in [-0.3, -0.25) is 9.59 Å². The SMILES string of the molecule is Cc1ccc(CN[C@H]2C[C@H]2NC(=O)CNC(=O)c2cccc(C(F)(F)F)c2)cc1. The van der Waals surface area contributed by atoms with Crippen molar-refractivity contribution < 1.29 is 22.8 Å². The van der Waals surface area contributed by atoms with Gasteiger partial charge in [0.15, 0.2) is 0 Å². The number of hydrogen-bond acceptors (Lipinski definition) is 3. The quantitative estimate of drug-likeness (QED) is 0.664. The highest BCUT2D eigenvalue weighted by Gasteiger charge is 2.37. The molecule has 2 amide bonds. The second-order valence-electron chi connectivity index (χ2n) is 7.14. The van der Waals surface area contributed by atoms with Gasteiger partial charge in [0.25, 0.3) is 5.91 Å². The standard InChI is InChI=1S/C21H22F3N3O2/c1-13-5-7-14(8-6-13)11-25-17-10-18(17)27-19(28)12-26-20(29)15-3-2-4-16(9-15)21(22,23)24/h2-9,17-18,25H,10-12H2,1H3,(H,26,29)(H,27,28)/t17-,18+/m0/s1. The molecule has 3 N–H and O–H groups in total. The number of nitrogens with one attached hydrogen (secondary N) is 3. The van der Waals surface area contributed by atoms with Gasteiger partial charge in [0, 0.05) is 24.2 Å². The lowest BCUT2D eigenvalue weighted by molar-refractivity contribution is -0.137. The van der Waals surface area contributed by atoms with Crippen molar-refractivity contribution in [1.82, 2.24) is 16.0 Å². The van der Waals surface area contributed by atoms with E-state index in [0.29, 0.717) is 6.54 Å². The van der Waals surface area contributed by atoms with Crippen LogP contribution in [0.1, 0.15) is 33.5 Å². The summed E-state index contributed by atoms with van der Waals surface area (Å²) in [5.74, 6) is -1.11. The maximum absolute atomic E-state index is 12.7. The third kappa shape index (κ3) is 6.05. The Morgan fingerprint density at radius 3 is 2.48 bits per heavy atom. The summed E-state index contributed by atoms with van der Waals surface area (Å²) >= 11 is 0. The van der Waals surface area contributed by atoms with Gasteiger partial charge in [-0.1, -0.05) is 35.9 Å². The van der Waals surface area contributed by atoms with E-state index in [1.54, 1.807) is 0 Å². The molecule has 1 saturated carbocycles. The molecule has 0 saturated heterocycles. The molecule has 0 heterocycles. The molecule has 0 aromatic heterocycles. The molecule has 5 nitrogen and oxygen atoms in total. The van der Waals surface area contributed by atoms with Crippen LogP contribution in [0.4, 0.5) is 13.2 Å². The molecule has 0 radical (unpaired) electrons. The number of aryl methyl sites for hydroxylation is 1. The zero-order valence-corrected chi connectivity index (χ0v) is 15.8. The van der Waals surface area contributed by atoms with Crippen molar-refractivity contribution in [1.29, 1.82) is 0 Å². The summed E-state index contributed by atoms with van der Waals surface area (Å²) in [5, 5.41) is 8.50. The number of carbonyl (C=O) groups excluding carboxylic acids is 2. The average molecular weight is 405 g/mol. The summed E-state index contributed by atoms with van der Waals surface area (Å²) in [4.78, 5) is 24.0. The summed E-state index contributed by atoms with van der Waals surface area (Å²) < 4.78 is 38.2. The molecule has 29 heavy (non-hydrogen) atoms. The Morgan fingerprint density at radius 1 is 1.07 bits per heavy atom. The highest BCUT2D eigenvalue weighted by molar-refractivity contribution is 5.96. The maximum Gasteiger partial charge on any atom is 0.416 e. The van der Waals surface area contributed by atoms with E-state index in [9.17, 15) is 22.8 Å². The predicted octanol–water partition coefficient (Wildman–Crippen LogP) is 2.79. The minimum atomic E-state index is -4.53. The molecular weight excluding hydrogens is 383 g/mol. The average Bonchev–Trinajstić information content (AvgIpc) is 3.42. The minimum absolute atomic E-state index is 0.0154. The highest BCUT2D eigenvalue weighted by Crippen LogP contribution is 2.29. The van der Waals surface area contributed by atoms with Crippen LogP contribution >= 0.6 is 0 Å². The van der Waals surface area contributed by atoms with Gasteiger partial charge < -0.3 is 16.0 Å². The lowest BCUT2D eigenvalue weighted by atomic mass is 10.1. The van der Waals surface area contributed by atoms with Crippen molar-refractivity contribution in [3.8, 4) is 0 Å². The molecule has 1 fully saturated rings. The van der Waals surface area contributed by atoms with Crippen molar-refractivity contribution >= 4 is 11.8 Å². The Kier molecular flexibility index (Phi) is 6.22. The van der Waals surface area contributed by atoms with Gasteiger partial charge in [-0.15, -0.1) is 0 Å². The first-order valence-electron chi connectivity index (χ1n) is 9.26. The van der Waals surface area contributed by atoms with Crippen LogP contribution in [0.2, 0.25) is 0 Å². The van der Waals surface area contributed by atoms with Gasteiger partial charge in [0.2, 0.25) is 5.91 Å². The largest absolute Gasteiger partial charge is 0.416 e. The van der Waals surface area contributed by atoms with E-state index < -0.39 is 17.6 Å². The summed E-state index contributed by atoms with van der Waals surface area (Å²) in [6.07, 6.45) is -3.74. The first-order valence-corrected chi connectivity index (χ1v) is 9.26. The normalized spacial score (nSPS) is 18.2. The second kappa shape index (κ2) is 8.65. The molecule has 154 valence electrons. The molecule has 1 aliphatic rings. The Hall–Kier alpha value is -2.87. The molecule has 3 rings (SSSR count). The van der Waals surface area contributed by atoms with Gasteiger partial charge >= 0.3 is 6.18 Å². The van der Waals surface area contributed by atoms with Crippen LogP contribution in [0.15, 0.2) is 48.5 Å².